The zero-order valence-corrected chi connectivity index (χ0v) is 14.7. The van der Waals surface area contributed by atoms with E-state index >= 15 is 0 Å². The van der Waals surface area contributed by atoms with Crippen LogP contribution in [0.15, 0.2) is 55.0 Å². The first kappa shape index (κ1) is 17.1. The molecule has 0 fully saturated rings. The third-order valence-corrected chi connectivity index (χ3v) is 4.06. The van der Waals surface area contributed by atoms with Gasteiger partial charge in [0.1, 0.15) is 17.2 Å². The first-order valence-electron chi connectivity index (χ1n) is 8.42. The number of fused-ring (bicyclic) bond motifs is 1. The van der Waals surface area contributed by atoms with Gasteiger partial charge in [0.25, 0.3) is 0 Å². The van der Waals surface area contributed by atoms with Gasteiger partial charge in [0.05, 0.1) is 48.9 Å². The molecule has 0 radical (unpaired) electrons. The monoisotopic (exact) mass is 362 g/mol. The van der Waals surface area contributed by atoms with Crippen LogP contribution in [-0.4, -0.2) is 32.2 Å². The summed E-state index contributed by atoms with van der Waals surface area (Å²) >= 11 is 0. The molecular formula is C20H18N4O3. The van der Waals surface area contributed by atoms with Crippen molar-refractivity contribution in [2.45, 2.75) is 13.2 Å². The molecule has 0 saturated carbocycles. The normalized spacial score (nSPS) is 11.0. The summed E-state index contributed by atoms with van der Waals surface area (Å²) in [6.45, 7) is 0.350. The van der Waals surface area contributed by atoms with E-state index in [1.807, 2.05) is 36.4 Å². The zero-order valence-electron chi connectivity index (χ0n) is 14.7. The Hall–Kier alpha value is -3.29. The Balaban J connectivity index is 1.56. The van der Waals surface area contributed by atoms with E-state index in [-0.39, 0.29) is 6.61 Å². The lowest BCUT2D eigenvalue weighted by molar-refractivity contribution is 0.181. The Bertz CT molecular complexity index is 1040. The number of H-pyrrole nitrogens is 1. The van der Waals surface area contributed by atoms with Gasteiger partial charge in [-0.1, -0.05) is 0 Å². The smallest absolute Gasteiger partial charge is 0.145 e. The van der Waals surface area contributed by atoms with Crippen LogP contribution in [0.4, 0.5) is 0 Å². The van der Waals surface area contributed by atoms with Crippen LogP contribution in [0.3, 0.4) is 0 Å². The van der Waals surface area contributed by atoms with Gasteiger partial charge in [-0.05, 0) is 36.4 Å². The summed E-state index contributed by atoms with van der Waals surface area (Å²) in [5, 5.41) is 10.1. The molecule has 4 aromatic rings. The molecule has 0 aliphatic carbocycles. The third-order valence-electron chi connectivity index (χ3n) is 4.06. The summed E-state index contributed by atoms with van der Waals surface area (Å²) in [7, 11) is 1.64. The lowest BCUT2D eigenvalue weighted by Crippen LogP contribution is -1.92. The van der Waals surface area contributed by atoms with Crippen LogP contribution in [0.1, 0.15) is 11.4 Å². The quantitative estimate of drug-likeness (QED) is 0.546. The second-order valence-corrected chi connectivity index (χ2v) is 6.00. The molecule has 7 nitrogen and oxygen atoms in total. The summed E-state index contributed by atoms with van der Waals surface area (Å²) in [6.07, 6.45) is 4.88. The number of aliphatic hydroxyl groups is 1. The van der Waals surface area contributed by atoms with Crippen molar-refractivity contribution >= 4 is 10.9 Å². The SMILES string of the molecule is COCc1ccc(Oc2ccc3[nH]c(-c4cnc(CO)cn4)cc3c2)cn1. The number of aromatic amines is 1. The van der Waals surface area contributed by atoms with Gasteiger partial charge >= 0.3 is 0 Å². The molecule has 27 heavy (non-hydrogen) atoms. The largest absolute Gasteiger partial charge is 0.456 e. The van der Waals surface area contributed by atoms with Crippen LogP contribution >= 0.6 is 0 Å². The summed E-state index contributed by atoms with van der Waals surface area (Å²) in [4.78, 5) is 16.1. The lowest BCUT2D eigenvalue weighted by atomic mass is 10.2. The Kier molecular flexibility index (Phi) is 4.78. The van der Waals surface area contributed by atoms with Crippen LogP contribution in [0.25, 0.3) is 22.3 Å². The van der Waals surface area contributed by atoms with E-state index in [0.29, 0.717) is 23.7 Å². The minimum Gasteiger partial charge on any atom is -0.456 e. The van der Waals surface area contributed by atoms with Crippen molar-refractivity contribution in [2.24, 2.45) is 0 Å². The van der Waals surface area contributed by atoms with E-state index in [1.165, 1.54) is 0 Å². The predicted octanol–water partition coefficient (Wildman–Crippen LogP) is 3.45. The van der Waals surface area contributed by atoms with Crippen molar-refractivity contribution < 1.29 is 14.6 Å². The number of pyridine rings is 1. The molecular weight excluding hydrogens is 344 g/mol. The molecule has 0 amide bonds. The van der Waals surface area contributed by atoms with Crippen LogP contribution in [0, 0.1) is 0 Å². The molecule has 0 saturated heterocycles. The Morgan fingerprint density at radius 3 is 2.48 bits per heavy atom. The number of hydrogen-bond acceptors (Lipinski definition) is 6. The Morgan fingerprint density at radius 2 is 1.78 bits per heavy atom. The first-order chi connectivity index (χ1) is 13.2. The number of aliphatic hydroxyl groups excluding tert-OH is 1. The fraction of sp³-hybridized carbons (Fsp3) is 0.150. The van der Waals surface area contributed by atoms with Gasteiger partial charge in [0, 0.05) is 18.0 Å². The van der Waals surface area contributed by atoms with Crippen LogP contribution in [0.5, 0.6) is 11.5 Å². The molecule has 2 N–H and O–H groups in total. The molecule has 3 heterocycles. The fourth-order valence-electron chi connectivity index (χ4n) is 2.73. The molecule has 7 heteroatoms. The van der Waals surface area contributed by atoms with Crippen molar-refractivity contribution in [1.82, 2.24) is 19.9 Å². The average molecular weight is 362 g/mol. The lowest BCUT2D eigenvalue weighted by Gasteiger charge is -2.06. The highest BCUT2D eigenvalue weighted by molar-refractivity contribution is 5.86. The highest BCUT2D eigenvalue weighted by Crippen LogP contribution is 2.28. The maximum atomic E-state index is 9.07. The molecule has 0 aliphatic heterocycles. The minimum atomic E-state index is -0.123. The molecule has 1 aromatic carbocycles. The van der Waals surface area contributed by atoms with Crippen LogP contribution < -0.4 is 4.74 Å². The number of rotatable bonds is 6. The van der Waals surface area contributed by atoms with E-state index in [2.05, 4.69) is 19.9 Å². The van der Waals surface area contributed by atoms with E-state index in [1.54, 1.807) is 25.7 Å². The second kappa shape index (κ2) is 7.53. The van der Waals surface area contributed by atoms with E-state index in [0.717, 1.165) is 28.0 Å². The van der Waals surface area contributed by atoms with Crippen LogP contribution in [0.2, 0.25) is 0 Å². The fourth-order valence-corrected chi connectivity index (χ4v) is 2.73. The third kappa shape index (κ3) is 3.79. The number of methoxy groups -OCH3 is 1. The van der Waals surface area contributed by atoms with E-state index < -0.39 is 0 Å². The van der Waals surface area contributed by atoms with Crippen molar-refractivity contribution in [3.05, 3.63) is 66.4 Å². The van der Waals surface area contributed by atoms with Gasteiger partial charge < -0.3 is 19.6 Å². The predicted molar refractivity (Wildman–Crippen MR) is 100 cm³/mol. The maximum absolute atomic E-state index is 9.07. The van der Waals surface area contributed by atoms with Crippen molar-refractivity contribution in [1.29, 1.82) is 0 Å². The van der Waals surface area contributed by atoms with Crippen molar-refractivity contribution in [2.75, 3.05) is 7.11 Å². The number of nitrogens with zero attached hydrogens (tertiary/aromatic N) is 3. The van der Waals surface area contributed by atoms with E-state index in [9.17, 15) is 0 Å². The number of aromatic nitrogens is 4. The summed E-state index contributed by atoms with van der Waals surface area (Å²) < 4.78 is 10.9. The number of ether oxygens (including phenoxy) is 2. The Morgan fingerprint density at radius 1 is 0.926 bits per heavy atom. The van der Waals surface area contributed by atoms with E-state index in [4.69, 9.17) is 14.6 Å². The van der Waals surface area contributed by atoms with Crippen LogP contribution in [-0.2, 0) is 18.0 Å². The average Bonchev–Trinajstić information content (AvgIpc) is 3.13. The molecule has 3 aromatic heterocycles. The second-order valence-electron chi connectivity index (χ2n) is 6.00. The topological polar surface area (TPSA) is 93.2 Å². The zero-order chi connectivity index (χ0) is 18.6. The molecule has 4 rings (SSSR count). The highest BCUT2D eigenvalue weighted by atomic mass is 16.5. The maximum Gasteiger partial charge on any atom is 0.145 e. The van der Waals surface area contributed by atoms with Gasteiger partial charge in [-0.2, -0.15) is 0 Å². The van der Waals surface area contributed by atoms with Crippen molar-refractivity contribution in [3.63, 3.8) is 0 Å². The van der Waals surface area contributed by atoms with Gasteiger partial charge in [-0.15, -0.1) is 0 Å². The minimum absolute atomic E-state index is 0.123. The molecule has 0 bridgehead atoms. The number of nitrogens with one attached hydrogen (secondary N) is 1. The van der Waals surface area contributed by atoms with Gasteiger partial charge in [-0.25, -0.2) is 0 Å². The molecule has 0 atom stereocenters. The molecule has 0 aliphatic rings. The summed E-state index contributed by atoms with van der Waals surface area (Å²) in [6, 6.07) is 11.5. The standard InChI is InChI=1S/C20H18N4O3/c1-26-12-14-2-3-17(9-21-14)27-16-4-5-18-13(6-16)7-19(24-18)20-10-22-15(11-25)8-23-20/h2-10,24-25H,11-12H2,1H3. The van der Waals surface area contributed by atoms with Gasteiger partial charge in [-0.3, -0.25) is 15.0 Å². The van der Waals surface area contributed by atoms with Gasteiger partial charge in [0.15, 0.2) is 0 Å². The molecule has 0 spiro atoms. The highest BCUT2D eigenvalue weighted by Gasteiger charge is 2.07. The van der Waals surface area contributed by atoms with Gasteiger partial charge in [0.2, 0.25) is 0 Å². The van der Waals surface area contributed by atoms with Crippen molar-refractivity contribution in [3.8, 4) is 22.9 Å². The first-order valence-corrected chi connectivity index (χ1v) is 8.42. The number of hydrogen-bond donors (Lipinski definition) is 2. The Labute approximate surface area is 155 Å². The number of benzene rings is 1. The molecule has 136 valence electrons. The summed E-state index contributed by atoms with van der Waals surface area (Å²) in [5.41, 5.74) is 3.92. The summed E-state index contributed by atoms with van der Waals surface area (Å²) in [5.74, 6) is 1.38. The molecule has 0 unspecified atom stereocenters.